The van der Waals surface area contributed by atoms with Gasteiger partial charge in [-0.05, 0) is 6.92 Å². The van der Waals surface area contributed by atoms with E-state index in [9.17, 15) is 4.79 Å². The Labute approximate surface area is 74.8 Å². The van der Waals surface area contributed by atoms with Gasteiger partial charge in [0.15, 0.2) is 0 Å². The second-order valence-corrected chi connectivity index (χ2v) is 2.74. The van der Waals surface area contributed by atoms with Crippen molar-refractivity contribution < 1.29 is 9.90 Å². The first-order valence-electron chi connectivity index (χ1n) is 3.48. The zero-order chi connectivity index (χ0) is 9.14. The van der Waals surface area contributed by atoms with Gasteiger partial charge < -0.3 is 5.11 Å². The monoisotopic (exact) mass is 188 g/mol. The minimum absolute atomic E-state index is 0.236. The van der Waals surface area contributed by atoms with E-state index in [-0.39, 0.29) is 5.56 Å². The Balaban J connectivity index is 2.96. The minimum Gasteiger partial charge on any atom is -0.478 e. The van der Waals surface area contributed by atoms with Crippen LogP contribution < -0.4 is 0 Å². The third-order valence-corrected chi connectivity index (χ3v) is 1.80. The van der Waals surface area contributed by atoms with E-state index in [1.165, 1.54) is 6.20 Å². The SMILES string of the molecule is Cc1c(C(=O)O)cnn1CCCl. The highest BCUT2D eigenvalue weighted by Crippen LogP contribution is 2.06. The molecular weight excluding hydrogens is 180 g/mol. The number of carboxylic acid groups (broad SMARTS) is 1. The normalized spacial score (nSPS) is 10.2. The molecule has 0 saturated heterocycles. The number of aryl methyl sites for hydroxylation is 1. The van der Waals surface area contributed by atoms with Gasteiger partial charge in [0.2, 0.25) is 0 Å². The summed E-state index contributed by atoms with van der Waals surface area (Å²) in [5, 5.41) is 12.5. The summed E-state index contributed by atoms with van der Waals surface area (Å²) in [6, 6.07) is 0. The van der Waals surface area contributed by atoms with Gasteiger partial charge >= 0.3 is 5.97 Å². The standard InChI is InChI=1S/C7H9ClN2O2/c1-5-6(7(11)12)4-9-10(5)3-2-8/h4H,2-3H2,1H3,(H,11,12). The summed E-state index contributed by atoms with van der Waals surface area (Å²) < 4.78 is 1.58. The Hall–Kier alpha value is -1.03. The van der Waals surface area contributed by atoms with Crippen LogP contribution in [0.1, 0.15) is 16.1 Å². The second kappa shape index (κ2) is 3.58. The second-order valence-electron chi connectivity index (χ2n) is 2.36. The molecule has 0 aromatic carbocycles. The van der Waals surface area contributed by atoms with Crippen molar-refractivity contribution >= 4 is 17.6 Å². The molecular formula is C7H9ClN2O2. The van der Waals surface area contributed by atoms with E-state index in [4.69, 9.17) is 16.7 Å². The average molecular weight is 189 g/mol. The van der Waals surface area contributed by atoms with Crippen LogP contribution in [-0.2, 0) is 6.54 Å². The number of hydrogen-bond donors (Lipinski definition) is 1. The van der Waals surface area contributed by atoms with E-state index >= 15 is 0 Å². The highest BCUT2D eigenvalue weighted by atomic mass is 35.5. The molecule has 0 aliphatic rings. The number of nitrogens with zero attached hydrogens (tertiary/aromatic N) is 2. The van der Waals surface area contributed by atoms with Crippen LogP contribution in [0.2, 0.25) is 0 Å². The van der Waals surface area contributed by atoms with Gasteiger partial charge in [0, 0.05) is 11.6 Å². The van der Waals surface area contributed by atoms with Gasteiger partial charge in [-0.25, -0.2) is 4.79 Å². The van der Waals surface area contributed by atoms with E-state index in [1.54, 1.807) is 11.6 Å². The lowest BCUT2D eigenvalue weighted by Gasteiger charge is -1.99. The summed E-state index contributed by atoms with van der Waals surface area (Å²) in [6.45, 7) is 2.25. The first kappa shape index (κ1) is 9.06. The molecule has 4 nitrogen and oxygen atoms in total. The molecule has 0 bridgehead atoms. The van der Waals surface area contributed by atoms with Crippen molar-refractivity contribution in [3.8, 4) is 0 Å². The molecule has 0 amide bonds. The molecule has 1 heterocycles. The Kier molecular flexibility index (Phi) is 2.70. The van der Waals surface area contributed by atoms with Gasteiger partial charge in [0.1, 0.15) is 5.56 Å². The highest BCUT2D eigenvalue weighted by molar-refractivity contribution is 6.17. The highest BCUT2D eigenvalue weighted by Gasteiger charge is 2.11. The molecule has 0 saturated carbocycles. The lowest BCUT2D eigenvalue weighted by atomic mass is 10.3. The number of carbonyl (C=O) groups is 1. The van der Waals surface area contributed by atoms with Gasteiger partial charge in [-0.15, -0.1) is 11.6 Å². The van der Waals surface area contributed by atoms with Crippen LogP contribution in [0.25, 0.3) is 0 Å². The molecule has 0 atom stereocenters. The molecule has 0 fully saturated rings. The number of hydrogen-bond acceptors (Lipinski definition) is 2. The fourth-order valence-electron chi connectivity index (χ4n) is 0.962. The van der Waals surface area contributed by atoms with Crippen molar-refractivity contribution in [1.29, 1.82) is 0 Å². The Bertz CT molecular complexity index is 296. The summed E-state index contributed by atoms with van der Waals surface area (Å²) in [4.78, 5) is 10.6. The maximum atomic E-state index is 10.6. The van der Waals surface area contributed by atoms with Crippen LogP contribution in [0.5, 0.6) is 0 Å². The molecule has 0 aliphatic carbocycles. The van der Waals surface area contributed by atoms with Crippen LogP contribution in [0, 0.1) is 6.92 Å². The molecule has 0 aliphatic heterocycles. The topological polar surface area (TPSA) is 55.1 Å². The summed E-state index contributed by atoms with van der Waals surface area (Å²) >= 11 is 5.49. The number of aromatic carboxylic acids is 1. The largest absolute Gasteiger partial charge is 0.478 e. The van der Waals surface area contributed by atoms with Crippen molar-refractivity contribution in [3.63, 3.8) is 0 Å². The Morgan fingerprint density at radius 3 is 2.92 bits per heavy atom. The first-order chi connectivity index (χ1) is 5.66. The fourth-order valence-corrected chi connectivity index (χ4v) is 1.12. The van der Waals surface area contributed by atoms with E-state index in [2.05, 4.69) is 5.10 Å². The molecule has 66 valence electrons. The predicted octanol–water partition coefficient (Wildman–Crippen LogP) is 1.13. The van der Waals surface area contributed by atoms with Crippen LogP contribution in [0.4, 0.5) is 0 Å². The molecule has 0 radical (unpaired) electrons. The van der Waals surface area contributed by atoms with Crippen molar-refractivity contribution in [2.75, 3.05) is 5.88 Å². The van der Waals surface area contributed by atoms with Crippen molar-refractivity contribution in [2.45, 2.75) is 13.5 Å². The number of halogens is 1. The smallest absolute Gasteiger partial charge is 0.339 e. The lowest BCUT2D eigenvalue weighted by molar-refractivity contribution is 0.0696. The van der Waals surface area contributed by atoms with Gasteiger partial charge in [-0.3, -0.25) is 4.68 Å². The average Bonchev–Trinajstić information content (AvgIpc) is 2.34. The minimum atomic E-state index is -0.951. The molecule has 1 rings (SSSR count). The van der Waals surface area contributed by atoms with Crippen molar-refractivity contribution in [2.24, 2.45) is 0 Å². The maximum absolute atomic E-state index is 10.6. The number of alkyl halides is 1. The molecule has 5 heteroatoms. The van der Waals surface area contributed by atoms with Crippen molar-refractivity contribution in [1.82, 2.24) is 9.78 Å². The first-order valence-corrected chi connectivity index (χ1v) is 4.02. The van der Waals surface area contributed by atoms with Crippen LogP contribution in [-0.4, -0.2) is 26.7 Å². The zero-order valence-electron chi connectivity index (χ0n) is 6.62. The summed E-state index contributed by atoms with van der Waals surface area (Å²) in [7, 11) is 0. The Morgan fingerprint density at radius 1 is 1.83 bits per heavy atom. The number of carboxylic acids is 1. The third-order valence-electron chi connectivity index (χ3n) is 1.63. The summed E-state index contributed by atoms with van der Waals surface area (Å²) in [6.07, 6.45) is 1.34. The lowest BCUT2D eigenvalue weighted by Crippen LogP contribution is -2.05. The van der Waals surface area contributed by atoms with E-state index in [0.29, 0.717) is 18.1 Å². The molecule has 0 spiro atoms. The quantitative estimate of drug-likeness (QED) is 0.724. The van der Waals surface area contributed by atoms with E-state index in [1.807, 2.05) is 0 Å². The Morgan fingerprint density at radius 2 is 2.50 bits per heavy atom. The van der Waals surface area contributed by atoms with Gasteiger partial charge in [-0.1, -0.05) is 0 Å². The number of aromatic nitrogens is 2. The van der Waals surface area contributed by atoms with Gasteiger partial charge in [-0.2, -0.15) is 5.10 Å². The van der Waals surface area contributed by atoms with Crippen LogP contribution >= 0.6 is 11.6 Å². The van der Waals surface area contributed by atoms with Crippen molar-refractivity contribution in [3.05, 3.63) is 17.5 Å². The van der Waals surface area contributed by atoms with Gasteiger partial charge in [0.25, 0.3) is 0 Å². The van der Waals surface area contributed by atoms with Gasteiger partial charge in [0.05, 0.1) is 12.7 Å². The zero-order valence-corrected chi connectivity index (χ0v) is 7.38. The molecule has 1 N–H and O–H groups in total. The molecule has 12 heavy (non-hydrogen) atoms. The molecule has 1 aromatic heterocycles. The van der Waals surface area contributed by atoms with Crippen LogP contribution in [0.15, 0.2) is 6.20 Å². The predicted molar refractivity (Wildman–Crippen MR) is 44.6 cm³/mol. The molecule has 1 aromatic rings. The summed E-state index contributed by atoms with van der Waals surface area (Å²) in [5.41, 5.74) is 0.878. The number of rotatable bonds is 3. The third kappa shape index (κ3) is 1.58. The van der Waals surface area contributed by atoms with E-state index < -0.39 is 5.97 Å². The summed E-state index contributed by atoms with van der Waals surface area (Å²) in [5.74, 6) is -0.519. The van der Waals surface area contributed by atoms with E-state index in [0.717, 1.165) is 0 Å². The van der Waals surface area contributed by atoms with Crippen LogP contribution in [0.3, 0.4) is 0 Å². The maximum Gasteiger partial charge on any atom is 0.339 e. The molecule has 0 unspecified atom stereocenters. The fraction of sp³-hybridized carbons (Fsp3) is 0.429.